The van der Waals surface area contributed by atoms with Gasteiger partial charge in [-0.15, -0.1) is 0 Å². The number of allylic oxidation sites excluding steroid dienone is 2. The van der Waals surface area contributed by atoms with Crippen LogP contribution in [0.5, 0.6) is 0 Å². The first-order chi connectivity index (χ1) is 9.76. The van der Waals surface area contributed by atoms with Crippen molar-refractivity contribution in [1.82, 2.24) is 10.6 Å². The third-order valence-corrected chi connectivity index (χ3v) is 3.22. The average Bonchev–Trinajstić information content (AvgIpc) is 2.35. The van der Waals surface area contributed by atoms with Crippen molar-refractivity contribution in [2.75, 3.05) is 6.54 Å². The van der Waals surface area contributed by atoms with Gasteiger partial charge in [-0.05, 0) is 52.9 Å². The Morgan fingerprint density at radius 1 is 1.33 bits per heavy atom. The quantitative estimate of drug-likeness (QED) is 0.767. The second-order valence-electron chi connectivity index (χ2n) is 6.71. The van der Waals surface area contributed by atoms with Gasteiger partial charge in [0.15, 0.2) is 0 Å². The lowest BCUT2D eigenvalue weighted by molar-refractivity contribution is -0.121. The third-order valence-electron chi connectivity index (χ3n) is 3.22. The van der Waals surface area contributed by atoms with Crippen molar-refractivity contribution in [3.05, 3.63) is 12.2 Å². The van der Waals surface area contributed by atoms with Gasteiger partial charge >= 0.3 is 6.09 Å². The van der Waals surface area contributed by atoms with E-state index in [4.69, 9.17) is 4.74 Å². The van der Waals surface area contributed by atoms with Crippen LogP contribution in [-0.4, -0.2) is 30.2 Å². The highest BCUT2D eigenvalue weighted by Crippen LogP contribution is 2.16. The molecule has 0 aromatic carbocycles. The molecule has 1 rings (SSSR count). The summed E-state index contributed by atoms with van der Waals surface area (Å²) >= 11 is 0. The van der Waals surface area contributed by atoms with E-state index in [0.717, 1.165) is 19.3 Å². The molecule has 0 heterocycles. The van der Waals surface area contributed by atoms with E-state index in [1.807, 2.05) is 20.8 Å². The lowest BCUT2D eigenvalue weighted by atomic mass is 9.94. The first-order valence-corrected chi connectivity index (χ1v) is 7.67. The maximum atomic E-state index is 11.8. The maximum Gasteiger partial charge on any atom is 0.407 e. The van der Waals surface area contributed by atoms with E-state index >= 15 is 0 Å². The Morgan fingerprint density at radius 2 is 2.05 bits per heavy atom. The summed E-state index contributed by atoms with van der Waals surface area (Å²) in [5.41, 5.74) is -0.527. The van der Waals surface area contributed by atoms with E-state index in [9.17, 15) is 9.59 Å². The van der Waals surface area contributed by atoms with Crippen molar-refractivity contribution in [3.8, 4) is 0 Å². The fraction of sp³-hybridized carbons (Fsp3) is 0.750. The molecule has 0 fully saturated rings. The minimum atomic E-state index is -0.527. The predicted molar refractivity (Wildman–Crippen MR) is 82.9 cm³/mol. The van der Waals surface area contributed by atoms with Crippen LogP contribution in [0.4, 0.5) is 4.79 Å². The molecular formula is C16H28N2O3. The molecule has 0 bridgehead atoms. The van der Waals surface area contributed by atoms with Crippen molar-refractivity contribution >= 4 is 12.0 Å². The molecule has 2 N–H and O–H groups in total. The molecule has 1 aliphatic rings. The lowest BCUT2D eigenvalue weighted by Crippen LogP contribution is -2.41. The second-order valence-corrected chi connectivity index (χ2v) is 6.71. The molecule has 5 nitrogen and oxygen atoms in total. The van der Waals surface area contributed by atoms with Crippen LogP contribution >= 0.6 is 0 Å². The number of rotatable bonds is 5. The normalized spacial score (nSPS) is 19.7. The van der Waals surface area contributed by atoms with Crippen LogP contribution in [-0.2, 0) is 9.53 Å². The summed E-state index contributed by atoms with van der Waals surface area (Å²) < 4.78 is 5.16. The molecule has 2 amide bonds. The maximum absolute atomic E-state index is 11.8. The predicted octanol–water partition coefficient (Wildman–Crippen LogP) is 2.76. The third kappa shape index (κ3) is 8.38. The van der Waals surface area contributed by atoms with Gasteiger partial charge in [0.25, 0.3) is 0 Å². The summed E-state index contributed by atoms with van der Waals surface area (Å²) in [5, 5.41) is 5.61. The van der Waals surface area contributed by atoms with E-state index in [-0.39, 0.29) is 18.4 Å². The highest BCUT2D eigenvalue weighted by molar-refractivity contribution is 5.77. The van der Waals surface area contributed by atoms with E-state index < -0.39 is 11.7 Å². The van der Waals surface area contributed by atoms with E-state index in [0.29, 0.717) is 12.5 Å². The fourth-order valence-corrected chi connectivity index (χ4v) is 2.21. The van der Waals surface area contributed by atoms with Crippen molar-refractivity contribution in [3.63, 3.8) is 0 Å². The number of hydrogen-bond acceptors (Lipinski definition) is 3. The Balaban J connectivity index is 2.21. The topological polar surface area (TPSA) is 67.4 Å². The van der Waals surface area contributed by atoms with Gasteiger partial charge in [-0.25, -0.2) is 4.79 Å². The van der Waals surface area contributed by atoms with Gasteiger partial charge < -0.3 is 15.4 Å². The summed E-state index contributed by atoms with van der Waals surface area (Å²) in [4.78, 5) is 23.4. The smallest absolute Gasteiger partial charge is 0.407 e. The summed E-state index contributed by atoms with van der Waals surface area (Å²) in [5.74, 6) is 0.501. The fourth-order valence-electron chi connectivity index (χ4n) is 2.21. The van der Waals surface area contributed by atoms with Gasteiger partial charge in [-0.2, -0.15) is 0 Å². The average molecular weight is 296 g/mol. The molecule has 0 aliphatic heterocycles. The monoisotopic (exact) mass is 296 g/mol. The van der Waals surface area contributed by atoms with Crippen molar-refractivity contribution < 1.29 is 14.3 Å². The SMILES string of the molecule is CC(CC(=O)NCC1CC=CCC1)NC(=O)OC(C)(C)C. The molecular weight excluding hydrogens is 268 g/mol. The van der Waals surface area contributed by atoms with Gasteiger partial charge in [0.1, 0.15) is 5.60 Å². The zero-order chi connectivity index (χ0) is 15.9. The highest BCUT2D eigenvalue weighted by Gasteiger charge is 2.19. The molecule has 5 heteroatoms. The zero-order valence-electron chi connectivity index (χ0n) is 13.6. The number of hydrogen-bond donors (Lipinski definition) is 2. The van der Waals surface area contributed by atoms with Crippen LogP contribution in [0.3, 0.4) is 0 Å². The Hall–Kier alpha value is -1.52. The number of alkyl carbamates (subject to hydrolysis) is 1. The first kappa shape index (κ1) is 17.5. The van der Waals surface area contributed by atoms with Gasteiger partial charge in [-0.1, -0.05) is 12.2 Å². The zero-order valence-corrected chi connectivity index (χ0v) is 13.6. The number of nitrogens with one attached hydrogen (secondary N) is 2. The van der Waals surface area contributed by atoms with Crippen LogP contribution in [0.1, 0.15) is 53.4 Å². The second kappa shape index (κ2) is 8.05. The Morgan fingerprint density at radius 3 is 2.62 bits per heavy atom. The highest BCUT2D eigenvalue weighted by atomic mass is 16.6. The molecule has 21 heavy (non-hydrogen) atoms. The molecule has 0 aromatic heterocycles. The van der Waals surface area contributed by atoms with Crippen molar-refractivity contribution in [2.45, 2.75) is 65.0 Å². The Bertz CT molecular complexity index is 385. The van der Waals surface area contributed by atoms with E-state index in [1.165, 1.54) is 0 Å². The summed E-state index contributed by atoms with van der Waals surface area (Å²) in [6, 6.07) is -0.244. The number of carbonyl (C=O) groups excluding carboxylic acids is 2. The standard InChI is InChI=1S/C16H28N2O3/c1-12(18-15(20)21-16(2,3)4)10-14(19)17-11-13-8-6-5-7-9-13/h5-6,12-13H,7-11H2,1-4H3,(H,17,19)(H,18,20). The summed E-state index contributed by atoms with van der Waals surface area (Å²) in [6.45, 7) is 7.93. The molecule has 1 aliphatic carbocycles. The minimum Gasteiger partial charge on any atom is -0.444 e. The molecule has 0 saturated carbocycles. The number of carbonyl (C=O) groups is 2. The Labute approximate surface area is 127 Å². The number of amides is 2. The van der Waals surface area contributed by atoms with E-state index in [1.54, 1.807) is 6.92 Å². The van der Waals surface area contributed by atoms with E-state index in [2.05, 4.69) is 22.8 Å². The minimum absolute atomic E-state index is 0.0342. The molecule has 2 unspecified atom stereocenters. The first-order valence-electron chi connectivity index (χ1n) is 7.67. The number of ether oxygens (including phenoxy) is 1. The van der Waals surface area contributed by atoms with Crippen molar-refractivity contribution in [1.29, 1.82) is 0 Å². The largest absolute Gasteiger partial charge is 0.444 e. The molecule has 0 saturated heterocycles. The molecule has 120 valence electrons. The van der Waals surface area contributed by atoms with Crippen LogP contribution < -0.4 is 10.6 Å². The molecule has 2 atom stereocenters. The lowest BCUT2D eigenvalue weighted by Gasteiger charge is -2.22. The molecule has 0 radical (unpaired) electrons. The van der Waals surface area contributed by atoms with Crippen LogP contribution in [0, 0.1) is 5.92 Å². The van der Waals surface area contributed by atoms with Gasteiger partial charge in [0.2, 0.25) is 5.91 Å². The molecule has 0 aromatic rings. The Kier molecular flexibility index (Phi) is 6.72. The van der Waals surface area contributed by atoms with Crippen LogP contribution in [0.15, 0.2) is 12.2 Å². The van der Waals surface area contributed by atoms with Crippen LogP contribution in [0.2, 0.25) is 0 Å². The summed E-state index contributed by atoms with van der Waals surface area (Å²) in [6.07, 6.45) is 7.39. The van der Waals surface area contributed by atoms with Gasteiger partial charge in [0.05, 0.1) is 0 Å². The van der Waals surface area contributed by atoms with Crippen molar-refractivity contribution in [2.24, 2.45) is 5.92 Å². The molecule has 0 spiro atoms. The van der Waals surface area contributed by atoms with Gasteiger partial charge in [-0.3, -0.25) is 4.79 Å². The van der Waals surface area contributed by atoms with Crippen LogP contribution in [0.25, 0.3) is 0 Å². The van der Waals surface area contributed by atoms with Gasteiger partial charge in [0, 0.05) is 19.0 Å². The summed E-state index contributed by atoms with van der Waals surface area (Å²) in [7, 11) is 0.